The van der Waals surface area contributed by atoms with Gasteiger partial charge in [-0.1, -0.05) is 17.7 Å². The summed E-state index contributed by atoms with van der Waals surface area (Å²) in [5.74, 6) is 0. The van der Waals surface area contributed by atoms with Gasteiger partial charge < -0.3 is 0 Å². The first kappa shape index (κ1) is 13.0. The molecule has 0 aliphatic heterocycles. The van der Waals surface area contributed by atoms with Gasteiger partial charge in [-0.3, -0.25) is 4.31 Å². The van der Waals surface area contributed by atoms with Gasteiger partial charge in [-0.15, -0.1) is 0 Å². The van der Waals surface area contributed by atoms with Crippen molar-refractivity contribution in [3.63, 3.8) is 0 Å². The van der Waals surface area contributed by atoms with Gasteiger partial charge in [0.15, 0.2) is 0 Å². The minimum atomic E-state index is -3.31. The fourth-order valence-corrected chi connectivity index (χ4v) is 2.53. The number of nitrogens with zero attached hydrogens (tertiary/aromatic N) is 1. The van der Waals surface area contributed by atoms with Crippen LogP contribution in [0.5, 0.6) is 0 Å². The highest BCUT2D eigenvalue weighted by Crippen LogP contribution is 2.24. The molecule has 90 valence electrons. The maximum absolute atomic E-state index is 12.2. The summed E-state index contributed by atoms with van der Waals surface area (Å²) in [6.45, 7) is 7.08. The van der Waals surface area contributed by atoms with Crippen LogP contribution >= 0.6 is 0 Å². The van der Waals surface area contributed by atoms with Gasteiger partial charge in [-0.05, 0) is 39.8 Å². The van der Waals surface area contributed by atoms with Crippen molar-refractivity contribution in [2.75, 3.05) is 11.4 Å². The first-order valence-electron chi connectivity index (χ1n) is 5.21. The number of rotatable bonds is 2. The molecule has 0 bridgehead atoms. The summed E-state index contributed by atoms with van der Waals surface area (Å²) in [5, 5.41) is 0. The molecule has 1 aromatic rings. The summed E-state index contributed by atoms with van der Waals surface area (Å²) in [4.78, 5) is 0. The van der Waals surface area contributed by atoms with Gasteiger partial charge in [0.1, 0.15) is 0 Å². The molecule has 16 heavy (non-hydrogen) atoms. The quantitative estimate of drug-likeness (QED) is 0.798. The molecule has 3 nitrogen and oxygen atoms in total. The summed E-state index contributed by atoms with van der Waals surface area (Å²) in [6, 6.07) is 7.45. The van der Waals surface area contributed by atoms with Crippen molar-refractivity contribution in [2.45, 2.75) is 32.4 Å². The lowest BCUT2D eigenvalue weighted by Crippen LogP contribution is -2.40. The second-order valence-corrected chi connectivity index (χ2v) is 7.64. The number of hydrogen-bond donors (Lipinski definition) is 0. The SMILES string of the molecule is Cc1ccc(N(C)S(=O)(=O)C(C)(C)C)cc1. The maximum atomic E-state index is 12.2. The molecule has 0 aromatic heterocycles. The summed E-state index contributed by atoms with van der Waals surface area (Å²) < 4.78 is 24.9. The lowest BCUT2D eigenvalue weighted by molar-refractivity contribution is 0.558. The van der Waals surface area contributed by atoms with E-state index in [1.165, 1.54) is 4.31 Å². The van der Waals surface area contributed by atoms with E-state index in [1.54, 1.807) is 27.8 Å². The van der Waals surface area contributed by atoms with E-state index < -0.39 is 14.8 Å². The van der Waals surface area contributed by atoms with E-state index >= 15 is 0 Å². The van der Waals surface area contributed by atoms with E-state index in [4.69, 9.17) is 0 Å². The lowest BCUT2D eigenvalue weighted by Gasteiger charge is -2.28. The summed E-state index contributed by atoms with van der Waals surface area (Å²) >= 11 is 0. The highest BCUT2D eigenvalue weighted by Gasteiger charge is 2.33. The molecular weight excluding hydrogens is 222 g/mol. The molecule has 0 spiro atoms. The minimum Gasteiger partial charge on any atom is -0.273 e. The monoisotopic (exact) mass is 241 g/mol. The summed E-state index contributed by atoms with van der Waals surface area (Å²) in [5.41, 5.74) is 1.81. The Morgan fingerprint density at radius 1 is 1.06 bits per heavy atom. The minimum absolute atomic E-state index is 0.695. The Morgan fingerprint density at radius 2 is 1.50 bits per heavy atom. The molecular formula is C12H19NO2S. The molecule has 0 unspecified atom stereocenters. The van der Waals surface area contributed by atoms with Crippen molar-refractivity contribution in [3.8, 4) is 0 Å². The third-order valence-electron chi connectivity index (χ3n) is 2.53. The Morgan fingerprint density at radius 3 is 1.88 bits per heavy atom. The van der Waals surface area contributed by atoms with Crippen LogP contribution in [0.25, 0.3) is 0 Å². The molecule has 0 radical (unpaired) electrons. The predicted molar refractivity (Wildman–Crippen MR) is 68.3 cm³/mol. The zero-order valence-electron chi connectivity index (χ0n) is 10.5. The first-order valence-corrected chi connectivity index (χ1v) is 6.65. The standard InChI is InChI=1S/C12H19NO2S/c1-10-6-8-11(9-7-10)13(5)16(14,15)12(2,3)4/h6-9H,1-5H3. The third-order valence-corrected chi connectivity index (χ3v) is 5.01. The Kier molecular flexibility index (Phi) is 3.33. The zero-order chi connectivity index (χ0) is 12.6. The number of benzene rings is 1. The third kappa shape index (κ3) is 2.38. The average Bonchev–Trinajstić information content (AvgIpc) is 2.16. The topological polar surface area (TPSA) is 37.4 Å². The van der Waals surface area contributed by atoms with Crippen molar-refractivity contribution in [2.24, 2.45) is 0 Å². The Hall–Kier alpha value is -1.03. The highest BCUT2D eigenvalue weighted by atomic mass is 32.2. The van der Waals surface area contributed by atoms with E-state index in [-0.39, 0.29) is 0 Å². The highest BCUT2D eigenvalue weighted by molar-refractivity contribution is 7.94. The van der Waals surface area contributed by atoms with Crippen LogP contribution < -0.4 is 4.31 Å². The number of aryl methyl sites for hydroxylation is 1. The number of sulfonamides is 1. The molecule has 0 fully saturated rings. The molecule has 0 aliphatic carbocycles. The van der Waals surface area contributed by atoms with E-state index in [0.717, 1.165) is 5.56 Å². The Balaban J connectivity index is 3.13. The van der Waals surface area contributed by atoms with Crippen LogP contribution in [0.4, 0.5) is 5.69 Å². The van der Waals surface area contributed by atoms with E-state index in [0.29, 0.717) is 5.69 Å². The number of hydrogen-bond acceptors (Lipinski definition) is 2. The van der Waals surface area contributed by atoms with Crippen molar-refractivity contribution >= 4 is 15.7 Å². The maximum Gasteiger partial charge on any atom is 0.239 e. The van der Waals surface area contributed by atoms with Crippen LogP contribution in [0, 0.1) is 6.92 Å². The van der Waals surface area contributed by atoms with Gasteiger partial charge in [0.2, 0.25) is 10.0 Å². The van der Waals surface area contributed by atoms with Crippen LogP contribution in [0.15, 0.2) is 24.3 Å². The fraction of sp³-hybridized carbons (Fsp3) is 0.500. The van der Waals surface area contributed by atoms with Crippen LogP contribution in [0.3, 0.4) is 0 Å². The molecule has 1 rings (SSSR count). The van der Waals surface area contributed by atoms with Gasteiger partial charge in [0.25, 0.3) is 0 Å². The van der Waals surface area contributed by atoms with Crippen LogP contribution in [0.1, 0.15) is 26.3 Å². The molecule has 0 N–H and O–H groups in total. The fourth-order valence-electron chi connectivity index (χ4n) is 1.30. The molecule has 0 saturated carbocycles. The molecule has 0 amide bonds. The average molecular weight is 241 g/mol. The second-order valence-electron chi connectivity index (χ2n) is 4.92. The van der Waals surface area contributed by atoms with Crippen molar-refractivity contribution in [1.29, 1.82) is 0 Å². The van der Waals surface area contributed by atoms with Crippen molar-refractivity contribution in [3.05, 3.63) is 29.8 Å². The van der Waals surface area contributed by atoms with E-state index in [1.807, 2.05) is 31.2 Å². The Bertz CT molecular complexity index is 455. The van der Waals surface area contributed by atoms with Gasteiger partial charge in [0, 0.05) is 7.05 Å². The molecule has 0 heterocycles. The lowest BCUT2D eigenvalue weighted by atomic mass is 10.2. The molecule has 1 aromatic carbocycles. The molecule has 0 saturated heterocycles. The van der Waals surface area contributed by atoms with Crippen molar-refractivity contribution < 1.29 is 8.42 Å². The van der Waals surface area contributed by atoms with E-state index in [9.17, 15) is 8.42 Å². The largest absolute Gasteiger partial charge is 0.273 e. The summed E-state index contributed by atoms with van der Waals surface area (Å²) in [6.07, 6.45) is 0. The van der Waals surface area contributed by atoms with Gasteiger partial charge in [-0.25, -0.2) is 8.42 Å². The predicted octanol–water partition coefficient (Wildman–Crippen LogP) is 2.56. The molecule has 0 atom stereocenters. The summed E-state index contributed by atoms with van der Waals surface area (Å²) in [7, 11) is -1.72. The molecule has 4 heteroatoms. The van der Waals surface area contributed by atoms with E-state index in [2.05, 4.69) is 0 Å². The van der Waals surface area contributed by atoms with Crippen LogP contribution in [0.2, 0.25) is 0 Å². The first-order chi connectivity index (χ1) is 7.16. The second kappa shape index (κ2) is 4.09. The Labute approximate surface area is 98.1 Å². The van der Waals surface area contributed by atoms with Crippen molar-refractivity contribution in [1.82, 2.24) is 0 Å². The van der Waals surface area contributed by atoms with Gasteiger partial charge in [-0.2, -0.15) is 0 Å². The van der Waals surface area contributed by atoms with Crippen LogP contribution in [-0.2, 0) is 10.0 Å². The molecule has 0 aliphatic rings. The normalized spacial score (nSPS) is 12.6. The smallest absolute Gasteiger partial charge is 0.239 e. The van der Waals surface area contributed by atoms with Crippen LogP contribution in [-0.4, -0.2) is 20.2 Å². The number of anilines is 1. The van der Waals surface area contributed by atoms with Gasteiger partial charge in [0.05, 0.1) is 10.4 Å². The zero-order valence-corrected chi connectivity index (χ0v) is 11.3. The van der Waals surface area contributed by atoms with Gasteiger partial charge >= 0.3 is 0 Å².